The number of hydrogen-bond donors (Lipinski definition) is 1. The molecule has 17 heavy (non-hydrogen) atoms. The number of aryl methyl sites for hydroxylation is 1. The number of benzene rings is 1. The van der Waals surface area contributed by atoms with E-state index < -0.39 is 11.9 Å². The molecule has 0 amide bonds. The number of nitrogens with zero attached hydrogens (tertiary/aromatic N) is 2. The summed E-state index contributed by atoms with van der Waals surface area (Å²) >= 11 is 5.65. The first-order valence-corrected chi connectivity index (χ1v) is 5.54. The zero-order chi connectivity index (χ0) is 12.4. The van der Waals surface area contributed by atoms with E-state index in [-0.39, 0.29) is 5.56 Å². The summed E-state index contributed by atoms with van der Waals surface area (Å²) in [4.78, 5) is 0. The number of aliphatic hydroxyl groups is 1. The molecule has 0 aliphatic rings. The van der Waals surface area contributed by atoms with Crippen LogP contribution in [0, 0.1) is 5.82 Å². The van der Waals surface area contributed by atoms with Crippen molar-refractivity contribution in [2.24, 2.45) is 7.05 Å². The molecule has 0 saturated heterocycles. The van der Waals surface area contributed by atoms with Gasteiger partial charge in [-0.3, -0.25) is 4.68 Å². The average molecular weight is 255 g/mol. The van der Waals surface area contributed by atoms with Crippen LogP contribution in [-0.4, -0.2) is 14.9 Å². The smallest absolute Gasteiger partial charge is 0.130 e. The lowest BCUT2D eigenvalue weighted by atomic mass is 10.0. The van der Waals surface area contributed by atoms with Crippen LogP contribution in [0.5, 0.6) is 0 Å². The highest BCUT2D eigenvalue weighted by Gasteiger charge is 2.14. The van der Waals surface area contributed by atoms with Gasteiger partial charge in [-0.25, -0.2) is 4.39 Å². The van der Waals surface area contributed by atoms with Crippen LogP contribution in [0.2, 0.25) is 5.02 Å². The zero-order valence-electron chi connectivity index (χ0n) is 9.27. The van der Waals surface area contributed by atoms with Crippen molar-refractivity contribution in [3.8, 4) is 0 Å². The number of aromatic nitrogens is 2. The van der Waals surface area contributed by atoms with Crippen LogP contribution in [0.1, 0.15) is 17.2 Å². The standard InChI is InChI=1S/C12H12ClFN2O/c1-16-7-8(6-15-16)4-12(17)10-3-2-9(13)5-11(10)14/h2-3,5-7,12,17H,4H2,1H3. The second-order valence-corrected chi connectivity index (χ2v) is 4.34. The Balaban J connectivity index is 2.17. The fraction of sp³-hybridized carbons (Fsp3) is 0.250. The van der Waals surface area contributed by atoms with E-state index in [1.807, 2.05) is 0 Å². The highest BCUT2D eigenvalue weighted by Crippen LogP contribution is 2.23. The molecule has 0 saturated carbocycles. The fourth-order valence-electron chi connectivity index (χ4n) is 1.68. The number of hydrogen-bond acceptors (Lipinski definition) is 2. The summed E-state index contributed by atoms with van der Waals surface area (Å²) in [6, 6.07) is 4.26. The maximum absolute atomic E-state index is 13.5. The van der Waals surface area contributed by atoms with Crippen molar-refractivity contribution in [1.82, 2.24) is 9.78 Å². The molecule has 0 spiro atoms. The molecule has 3 nitrogen and oxygen atoms in total. The number of halogens is 2. The summed E-state index contributed by atoms with van der Waals surface area (Å²) in [5.41, 5.74) is 1.10. The van der Waals surface area contributed by atoms with Gasteiger partial charge in [0.1, 0.15) is 5.82 Å². The molecule has 5 heteroatoms. The second kappa shape index (κ2) is 4.85. The first-order chi connectivity index (χ1) is 8.06. The van der Waals surface area contributed by atoms with Crippen molar-refractivity contribution in [1.29, 1.82) is 0 Å². The topological polar surface area (TPSA) is 38.0 Å². The highest BCUT2D eigenvalue weighted by atomic mass is 35.5. The summed E-state index contributed by atoms with van der Waals surface area (Å²) in [6.07, 6.45) is 2.87. The van der Waals surface area contributed by atoms with Crippen molar-refractivity contribution in [3.63, 3.8) is 0 Å². The minimum Gasteiger partial charge on any atom is -0.388 e. The lowest BCUT2D eigenvalue weighted by Crippen LogP contribution is -2.03. The third-order valence-electron chi connectivity index (χ3n) is 2.51. The molecule has 2 aromatic rings. The van der Waals surface area contributed by atoms with Gasteiger partial charge >= 0.3 is 0 Å². The van der Waals surface area contributed by atoms with Gasteiger partial charge < -0.3 is 5.11 Å². The molecule has 1 aromatic heterocycles. The van der Waals surface area contributed by atoms with Gasteiger partial charge in [-0.05, 0) is 17.7 Å². The molecule has 0 radical (unpaired) electrons. The van der Waals surface area contributed by atoms with E-state index in [2.05, 4.69) is 5.10 Å². The van der Waals surface area contributed by atoms with E-state index in [1.165, 1.54) is 12.1 Å². The van der Waals surface area contributed by atoms with Gasteiger partial charge in [-0.1, -0.05) is 17.7 Å². The maximum atomic E-state index is 13.5. The Kier molecular flexibility index (Phi) is 3.45. The van der Waals surface area contributed by atoms with Crippen LogP contribution in [0.3, 0.4) is 0 Å². The van der Waals surface area contributed by atoms with Gasteiger partial charge in [-0.15, -0.1) is 0 Å². The molecule has 0 aliphatic carbocycles. The molecule has 1 atom stereocenters. The SMILES string of the molecule is Cn1cc(CC(O)c2ccc(Cl)cc2F)cn1. The molecule has 1 aromatic carbocycles. The highest BCUT2D eigenvalue weighted by molar-refractivity contribution is 6.30. The van der Waals surface area contributed by atoms with Gasteiger partial charge in [-0.2, -0.15) is 5.10 Å². The van der Waals surface area contributed by atoms with Gasteiger partial charge in [0.05, 0.1) is 12.3 Å². The first kappa shape index (κ1) is 12.1. The summed E-state index contributed by atoms with van der Waals surface area (Å²) in [7, 11) is 1.79. The minimum absolute atomic E-state index is 0.248. The summed E-state index contributed by atoms with van der Waals surface area (Å²) in [6.45, 7) is 0. The second-order valence-electron chi connectivity index (χ2n) is 3.91. The van der Waals surface area contributed by atoms with E-state index in [0.29, 0.717) is 11.4 Å². The Labute approximate surface area is 103 Å². The molecule has 1 heterocycles. The molecule has 90 valence electrons. The molecule has 1 unspecified atom stereocenters. The molecular formula is C12H12ClFN2O. The van der Waals surface area contributed by atoms with Gasteiger partial charge in [0.15, 0.2) is 0 Å². The monoisotopic (exact) mass is 254 g/mol. The quantitative estimate of drug-likeness (QED) is 0.914. The Morgan fingerprint density at radius 1 is 1.53 bits per heavy atom. The largest absolute Gasteiger partial charge is 0.388 e. The van der Waals surface area contributed by atoms with E-state index in [0.717, 1.165) is 5.56 Å². The molecule has 0 bridgehead atoms. The summed E-state index contributed by atoms with van der Waals surface area (Å²) in [5.74, 6) is -0.492. The van der Waals surface area contributed by atoms with Crippen molar-refractivity contribution >= 4 is 11.6 Å². The van der Waals surface area contributed by atoms with Crippen molar-refractivity contribution in [2.45, 2.75) is 12.5 Å². The van der Waals surface area contributed by atoms with Crippen molar-refractivity contribution in [2.75, 3.05) is 0 Å². The van der Waals surface area contributed by atoms with Crippen molar-refractivity contribution in [3.05, 3.63) is 52.6 Å². The first-order valence-electron chi connectivity index (χ1n) is 5.17. The third kappa shape index (κ3) is 2.84. The summed E-state index contributed by atoms with van der Waals surface area (Å²) < 4.78 is 15.2. The number of rotatable bonds is 3. The van der Waals surface area contributed by atoms with Gasteiger partial charge in [0, 0.05) is 30.3 Å². The Bertz CT molecular complexity index is 527. The predicted octanol–water partition coefficient (Wildman–Crippen LogP) is 2.49. The average Bonchev–Trinajstić information content (AvgIpc) is 2.63. The van der Waals surface area contributed by atoms with E-state index in [1.54, 1.807) is 30.2 Å². The van der Waals surface area contributed by atoms with E-state index in [4.69, 9.17) is 11.6 Å². The minimum atomic E-state index is -0.892. The van der Waals surface area contributed by atoms with E-state index in [9.17, 15) is 9.50 Å². The van der Waals surface area contributed by atoms with Crippen LogP contribution in [0.25, 0.3) is 0 Å². The zero-order valence-corrected chi connectivity index (χ0v) is 10.0. The van der Waals surface area contributed by atoms with Crippen LogP contribution >= 0.6 is 11.6 Å². The summed E-state index contributed by atoms with van der Waals surface area (Å²) in [5, 5.41) is 14.2. The van der Waals surface area contributed by atoms with Gasteiger partial charge in [0.25, 0.3) is 0 Å². The fourth-order valence-corrected chi connectivity index (χ4v) is 1.84. The molecular weight excluding hydrogens is 243 g/mol. The van der Waals surface area contributed by atoms with Crippen LogP contribution in [0.4, 0.5) is 4.39 Å². The Hall–Kier alpha value is -1.39. The third-order valence-corrected chi connectivity index (χ3v) is 2.74. The molecule has 2 rings (SSSR count). The Morgan fingerprint density at radius 2 is 2.29 bits per heavy atom. The van der Waals surface area contributed by atoms with Crippen LogP contribution in [-0.2, 0) is 13.5 Å². The molecule has 1 N–H and O–H groups in total. The van der Waals surface area contributed by atoms with Crippen molar-refractivity contribution < 1.29 is 9.50 Å². The molecule has 0 aliphatic heterocycles. The predicted molar refractivity (Wildman–Crippen MR) is 63.3 cm³/mol. The normalized spacial score (nSPS) is 12.7. The van der Waals surface area contributed by atoms with Gasteiger partial charge in [0.2, 0.25) is 0 Å². The number of aliphatic hydroxyl groups excluding tert-OH is 1. The Morgan fingerprint density at radius 3 is 2.88 bits per heavy atom. The lowest BCUT2D eigenvalue weighted by molar-refractivity contribution is 0.173. The maximum Gasteiger partial charge on any atom is 0.130 e. The lowest BCUT2D eigenvalue weighted by Gasteiger charge is -2.10. The molecule has 0 fully saturated rings. The van der Waals surface area contributed by atoms with E-state index >= 15 is 0 Å². The van der Waals surface area contributed by atoms with Crippen LogP contribution < -0.4 is 0 Å². The van der Waals surface area contributed by atoms with Crippen LogP contribution in [0.15, 0.2) is 30.6 Å².